The summed E-state index contributed by atoms with van der Waals surface area (Å²) in [6.07, 6.45) is 5.92. The number of carbonyl (C=O) groups is 1. The first-order valence-corrected chi connectivity index (χ1v) is 11.6. The Labute approximate surface area is 189 Å². The molecule has 1 amide bonds. The first-order chi connectivity index (χ1) is 15.8. The number of anilines is 1. The third kappa shape index (κ3) is 5.22. The molecule has 0 bridgehead atoms. The summed E-state index contributed by atoms with van der Waals surface area (Å²) in [7, 11) is -4.12. The van der Waals surface area contributed by atoms with E-state index < -0.39 is 20.9 Å². The monoisotopic (exact) mass is 472 g/mol. The Morgan fingerprint density at radius 3 is 2.58 bits per heavy atom. The lowest BCUT2D eigenvalue weighted by Crippen LogP contribution is -2.26. The van der Waals surface area contributed by atoms with Gasteiger partial charge in [0.25, 0.3) is 15.9 Å². The quantitative estimate of drug-likeness (QED) is 0.485. The van der Waals surface area contributed by atoms with E-state index in [1.54, 1.807) is 18.3 Å². The van der Waals surface area contributed by atoms with Crippen LogP contribution in [0.4, 0.5) is 10.1 Å². The van der Waals surface area contributed by atoms with E-state index in [2.05, 4.69) is 30.0 Å². The number of aromatic nitrogens is 4. The third-order valence-electron chi connectivity index (χ3n) is 4.84. The Morgan fingerprint density at radius 1 is 1.12 bits per heavy atom. The molecule has 4 rings (SSSR count). The Bertz CT molecular complexity index is 1250. The molecule has 1 aliphatic rings. The number of amides is 1. The molecule has 3 aromatic rings. The van der Waals surface area contributed by atoms with Crippen molar-refractivity contribution < 1.29 is 22.3 Å². The molecule has 172 valence electrons. The Balaban J connectivity index is 1.36. The molecule has 0 unspecified atom stereocenters. The fraction of sp³-hybridized carbons (Fsp3) is 0.286. The summed E-state index contributed by atoms with van der Waals surface area (Å²) in [4.78, 5) is 29.1. The second-order valence-corrected chi connectivity index (χ2v) is 9.25. The minimum atomic E-state index is -4.12. The lowest BCUT2D eigenvalue weighted by Gasteiger charge is -2.11. The van der Waals surface area contributed by atoms with Gasteiger partial charge in [-0.05, 0) is 31.2 Å². The van der Waals surface area contributed by atoms with Crippen molar-refractivity contribution in [1.29, 1.82) is 0 Å². The van der Waals surface area contributed by atoms with Crippen LogP contribution in [0.5, 0.6) is 5.88 Å². The molecule has 3 aromatic heterocycles. The molecule has 12 heteroatoms. The van der Waals surface area contributed by atoms with E-state index in [1.165, 1.54) is 30.7 Å². The van der Waals surface area contributed by atoms with Gasteiger partial charge in [0, 0.05) is 30.8 Å². The van der Waals surface area contributed by atoms with Gasteiger partial charge in [-0.25, -0.2) is 22.8 Å². The molecule has 0 spiro atoms. The number of ether oxygens (including phenoxy) is 1. The average Bonchev–Trinajstić information content (AvgIpc) is 3.58. The van der Waals surface area contributed by atoms with Gasteiger partial charge in [0.2, 0.25) is 10.9 Å². The molecule has 2 N–H and O–H groups in total. The average molecular weight is 473 g/mol. The highest BCUT2D eigenvalue weighted by Gasteiger charge is 2.56. The van der Waals surface area contributed by atoms with Gasteiger partial charge in [-0.3, -0.25) is 19.5 Å². The fourth-order valence-corrected chi connectivity index (χ4v) is 4.14. The zero-order chi connectivity index (χ0) is 23.5. The van der Waals surface area contributed by atoms with Crippen molar-refractivity contribution in [2.45, 2.75) is 31.3 Å². The van der Waals surface area contributed by atoms with Crippen LogP contribution in [0.3, 0.4) is 0 Å². The minimum Gasteiger partial charge on any atom is -0.477 e. The molecule has 1 aliphatic carbocycles. The van der Waals surface area contributed by atoms with Crippen molar-refractivity contribution in [3.8, 4) is 17.1 Å². The lowest BCUT2D eigenvalue weighted by atomic mass is 10.2. The van der Waals surface area contributed by atoms with E-state index in [4.69, 9.17) is 4.74 Å². The van der Waals surface area contributed by atoms with Crippen LogP contribution in [0.2, 0.25) is 0 Å². The van der Waals surface area contributed by atoms with Crippen molar-refractivity contribution in [1.82, 2.24) is 25.3 Å². The molecule has 0 atom stereocenters. The van der Waals surface area contributed by atoms with Gasteiger partial charge in [0.05, 0.1) is 42.6 Å². The SMILES string of the molecule is CCOc1cnc(-c2ccc(C(=O)NCc3cc(NS(=O)(=O)C4(F)CC4)ccn3)nc2)cn1. The molecule has 3 heterocycles. The minimum absolute atomic E-state index is 0.0206. The van der Waals surface area contributed by atoms with E-state index in [1.807, 2.05) is 6.92 Å². The van der Waals surface area contributed by atoms with E-state index in [9.17, 15) is 17.6 Å². The van der Waals surface area contributed by atoms with Gasteiger partial charge in [-0.15, -0.1) is 0 Å². The second kappa shape index (κ2) is 9.06. The summed E-state index contributed by atoms with van der Waals surface area (Å²) >= 11 is 0. The second-order valence-electron chi connectivity index (χ2n) is 7.31. The number of alkyl halides is 1. The maximum absolute atomic E-state index is 13.9. The number of sulfonamides is 1. The maximum Gasteiger partial charge on any atom is 0.270 e. The van der Waals surface area contributed by atoms with Crippen LogP contribution in [0.25, 0.3) is 11.3 Å². The Hall–Kier alpha value is -3.67. The van der Waals surface area contributed by atoms with Crippen LogP contribution in [0.1, 0.15) is 35.9 Å². The summed E-state index contributed by atoms with van der Waals surface area (Å²) in [5.41, 5.74) is 2.03. The zero-order valence-electron chi connectivity index (χ0n) is 17.7. The van der Waals surface area contributed by atoms with Crippen LogP contribution >= 0.6 is 0 Å². The van der Waals surface area contributed by atoms with Crippen molar-refractivity contribution in [3.63, 3.8) is 0 Å². The first-order valence-electron chi connectivity index (χ1n) is 10.2. The predicted octanol–water partition coefficient (Wildman–Crippen LogP) is 2.46. The molecule has 33 heavy (non-hydrogen) atoms. The van der Waals surface area contributed by atoms with Crippen molar-refractivity contribution in [2.24, 2.45) is 0 Å². The molecular formula is C21H21FN6O4S. The topological polar surface area (TPSA) is 136 Å². The van der Waals surface area contributed by atoms with Gasteiger partial charge < -0.3 is 10.1 Å². The number of hydrogen-bond acceptors (Lipinski definition) is 8. The normalized spacial score (nSPS) is 14.4. The molecule has 0 aromatic carbocycles. The lowest BCUT2D eigenvalue weighted by molar-refractivity contribution is 0.0945. The van der Waals surface area contributed by atoms with Crippen LogP contribution in [0.15, 0.2) is 49.1 Å². The van der Waals surface area contributed by atoms with Crippen molar-refractivity contribution >= 4 is 21.6 Å². The summed E-state index contributed by atoms with van der Waals surface area (Å²) in [6, 6.07) is 6.10. The highest BCUT2D eigenvalue weighted by Crippen LogP contribution is 2.45. The number of carbonyl (C=O) groups excluding carboxylic acids is 1. The molecule has 10 nitrogen and oxygen atoms in total. The largest absolute Gasteiger partial charge is 0.477 e. The van der Waals surface area contributed by atoms with Crippen LogP contribution in [-0.2, 0) is 16.6 Å². The van der Waals surface area contributed by atoms with E-state index in [-0.39, 0.29) is 30.8 Å². The van der Waals surface area contributed by atoms with E-state index in [0.29, 0.717) is 29.4 Å². The van der Waals surface area contributed by atoms with Crippen molar-refractivity contribution in [2.75, 3.05) is 11.3 Å². The smallest absolute Gasteiger partial charge is 0.270 e. The molecular weight excluding hydrogens is 451 g/mol. The van der Waals surface area contributed by atoms with E-state index >= 15 is 0 Å². The van der Waals surface area contributed by atoms with Gasteiger partial charge >= 0.3 is 0 Å². The summed E-state index contributed by atoms with van der Waals surface area (Å²) in [6.45, 7) is 2.38. The Morgan fingerprint density at radius 2 is 1.94 bits per heavy atom. The van der Waals surface area contributed by atoms with Crippen LogP contribution < -0.4 is 14.8 Å². The van der Waals surface area contributed by atoms with Crippen molar-refractivity contribution in [3.05, 3.63) is 60.4 Å². The van der Waals surface area contributed by atoms with E-state index in [0.717, 1.165) is 0 Å². The number of rotatable bonds is 9. The van der Waals surface area contributed by atoms with Crippen LogP contribution in [-0.4, -0.2) is 45.9 Å². The number of pyridine rings is 2. The number of nitrogens with one attached hydrogen (secondary N) is 2. The first kappa shape index (κ1) is 22.5. The molecule has 0 aliphatic heterocycles. The van der Waals surface area contributed by atoms with Gasteiger partial charge in [0.15, 0.2) is 0 Å². The summed E-state index contributed by atoms with van der Waals surface area (Å²) in [5, 5.41) is 0.460. The fourth-order valence-electron chi connectivity index (χ4n) is 2.88. The predicted molar refractivity (Wildman–Crippen MR) is 117 cm³/mol. The highest BCUT2D eigenvalue weighted by molar-refractivity contribution is 7.94. The Kier molecular flexibility index (Phi) is 6.18. The number of nitrogens with zero attached hydrogens (tertiary/aromatic N) is 4. The molecule has 0 radical (unpaired) electrons. The van der Waals surface area contributed by atoms with Gasteiger partial charge in [-0.1, -0.05) is 0 Å². The van der Waals surface area contributed by atoms with Crippen LogP contribution in [0, 0.1) is 0 Å². The third-order valence-corrected chi connectivity index (χ3v) is 6.71. The maximum atomic E-state index is 13.9. The molecule has 0 saturated heterocycles. The highest BCUT2D eigenvalue weighted by atomic mass is 32.2. The number of hydrogen-bond donors (Lipinski definition) is 2. The molecule has 1 fully saturated rings. The summed E-state index contributed by atoms with van der Waals surface area (Å²) < 4.78 is 45.5. The van der Waals surface area contributed by atoms with Gasteiger partial charge in [0.1, 0.15) is 5.69 Å². The number of halogens is 1. The summed E-state index contributed by atoms with van der Waals surface area (Å²) in [5.74, 6) is -0.0137. The standard InChI is InChI=1S/C21H21FN6O4S/c1-2-32-19-13-25-18(12-26-19)14-3-4-17(24-10-14)20(29)27-11-16-9-15(5-8-23-16)28-33(30,31)21(22)6-7-21/h3-5,8-10,12-13H,2,6-7,11H2,1H3,(H,23,28)(H,27,29). The molecule has 1 saturated carbocycles. The zero-order valence-corrected chi connectivity index (χ0v) is 18.5. The van der Waals surface area contributed by atoms with Gasteiger partial charge in [-0.2, -0.15) is 0 Å².